The number of furan rings is 1. The maximum Gasteiger partial charge on any atom is 0.342 e. The van der Waals surface area contributed by atoms with Crippen molar-refractivity contribution < 1.29 is 23.6 Å². The van der Waals surface area contributed by atoms with Crippen LogP contribution in [0.4, 0.5) is 5.69 Å². The van der Waals surface area contributed by atoms with E-state index in [0.717, 1.165) is 31.6 Å². The number of hydrogen-bond donors (Lipinski definition) is 1. The van der Waals surface area contributed by atoms with Crippen molar-refractivity contribution in [3.05, 3.63) is 59.9 Å². The third-order valence-corrected chi connectivity index (χ3v) is 5.45. The van der Waals surface area contributed by atoms with Gasteiger partial charge in [0.15, 0.2) is 5.76 Å². The molecule has 1 aliphatic heterocycles. The topological polar surface area (TPSA) is 56.4 Å². The van der Waals surface area contributed by atoms with Crippen molar-refractivity contribution in [3.63, 3.8) is 0 Å². The number of anilines is 1. The van der Waals surface area contributed by atoms with Crippen molar-refractivity contribution >= 4 is 22.6 Å². The molecule has 1 aromatic heterocycles. The number of rotatable bonds is 6. The highest BCUT2D eigenvalue weighted by Crippen LogP contribution is 2.30. The van der Waals surface area contributed by atoms with Crippen molar-refractivity contribution in [1.29, 1.82) is 0 Å². The van der Waals surface area contributed by atoms with Gasteiger partial charge in [0.25, 0.3) is 0 Å². The molecule has 0 saturated carbocycles. The first-order chi connectivity index (χ1) is 14.2. The lowest BCUT2D eigenvalue weighted by atomic mass is 10.1. The van der Waals surface area contributed by atoms with Gasteiger partial charge in [0.05, 0.1) is 39.9 Å². The second kappa shape index (κ2) is 8.57. The summed E-state index contributed by atoms with van der Waals surface area (Å²) in [4.78, 5) is 16.5. The molecule has 1 N–H and O–H groups in total. The molecular weight excluding hydrogens is 368 g/mol. The molecule has 1 aliphatic rings. The summed E-state index contributed by atoms with van der Waals surface area (Å²) in [5.41, 5.74) is 2.47. The van der Waals surface area contributed by atoms with Gasteiger partial charge < -0.3 is 23.7 Å². The van der Waals surface area contributed by atoms with Crippen molar-refractivity contribution in [2.45, 2.75) is 13.5 Å². The second-order valence-electron chi connectivity index (χ2n) is 7.23. The maximum atomic E-state index is 12.7. The SMILES string of the molecule is CCOC(=O)c1c(C[NH+]2CCN(c3ccccc3)CC2)oc2ccc(OC)cc12. The third kappa shape index (κ3) is 4.07. The molecule has 152 valence electrons. The molecule has 3 aromatic rings. The molecule has 6 heteroatoms. The normalized spacial score (nSPS) is 14.9. The summed E-state index contributed by atoms with van der Waals surface area (Å²) in [5.74, 6) is 1.05. The molecule has 0 radical (unpaired) electrons. The molecule has 2 aromatic carbocycles. The fraction of sp³-hybridized carbons (Fsp3) is 0.348. The van der Waals surface area contributed by atoms with Crippen LogP contribution in [-0.2, 0) is 11.3 Å². The summed E-state index contributed by atoms with van der Waals surface area (Å²) in [6, 6.07) is 16.0. The van der Waals surface area contributed by atoms with E-state index in [2.05, 4.69) is 29.2 Å². The van der Waals surface area contributed by atoms with Gasteiger partial charge in [-0.05, 0) is 37.3 Å². The highest BCUT2D eigenvalue weighted by atomic mass is 16.5. The highest BCUT2D eigenvalue weighted by molar-refractivity contribution is 6.04. The van der Waals surface area contributed by atoms with E-state index >= 15 is 0 Å². The van der Waals surface area contributed by atoms with E-state index in [0.29, 0.717) is 35.8 Å². The van der Waals surface area contributed by atoms with Gasteiger partial charge in [-0.2, -0.15) is 0 Å². The fourth-order valence-corrected chi connectivity index (χ4v) is 3.93. The van der Waals surface area contributed by atoms with Gasteiger partial charge in [-0.15, -0.1) is 0 Å². The van der Waals surface area contributed by atoms with Crippen LogP contribution in [0.5, 0.6) is 5.75 Å². The minimum Gasteiger partial charge on any atom is -0.497 e. The number of hydrogen-bond acceptors (Lipinski definition) is 5. The van der Waals surface area contributed by atoms with Crippen molar-refractivity contribution in [1.82, 2.24) is 0 Å². The molecule has 29 heavy (non-hydrogen) atoms. The smallest absolute Gasteiger partial charge is 0.342 e. The van der Waals surface area contributed by atoms with Gasteiger partial charge in [-0.3, -0.25) is 0 Å². The van der Waals surface area contributed by atoms with E-state index < -0.39 is 0 Å². The third-order valence-electron chi connectivity index (χ3n) is 5.45. The van der Waals surface area contributed by atoms with Crippen LogP contribution in [0.2, 0.25) is 0 Å². The minimum atomic E-state index is -0.336. The van der Waals surface area contributed by atoms with Crippen LogP contribution in [0, 0.1) is 0 Å². The van der Waals surface area contributed by atoms with Crippen LogP contribution in [-0.4, -0.2) is 45.9 Å². The van der Waals surface area contributed by atoms with Gasteiger partial charge in [0, 0.05) is 11.1 Å². The summed E-state index contributed by atoms with van der Waals surface area (Å²) in [6.45, 7) is 6.72. The lowest BCUT2D eigenvalue weighted by molar-refractivity contribution is -0.915. The first-order valence-corrected chi connectivity index (χ1v) is 10.1. The van der Waals surface area contributed by atoms with E-state index in [1.807, 2.05) is 31.2 Å². The highest BCUT2D eigenvalue weighted by Gasteiger charge is 2.28. The van der Waals surface area contributed by atoms with E-state index in [4.69, 9.17) is 13.9 Å². The summed E-state index contributed by atoms with van der Waals surface area (Å²) in [5, 5.41) is 0.750. The molecule has 2 heterocycles. The van der Waals surface area contributed by atoms with Gasteiger partial charge in [-0.1, -0.05) is 18.2 Å². The number of piperazine rings is 1. The number of nitrogens with one attached hydrogen (secondary N) is 1. The number of carbonyl (C=O) groups excluding carboxylic acids is 1. The van der Waals surface area contributed by atoms with Gasteiger partial charge >= 0.3 is 5.97 Å². The minimum absolute atomic E-state index is 0.331. The molecule has 4 rings (SSSR count). The van der Waals surface area contributed by atoms with Crippen LogP contribution in [0.15, 0.2) is 52.9 Å². The number of quaternary nitrogens is 1. The standard InChI is InChI=1S/C23H26N2O4/c1-3-28-23(26)22-19-15-18(27-2)9-10-20(19)29-21(22)16-24-11-13-25(14-12-24)17-7-5-4-6-8-17/h4-10,15H,3,11-14,16H2,1-2H3/p+1. The molecule has 6 nitrogen and oxygen atoms in total. The summed E-state index contributed by atoms with van der Waals surface area (Å²) in [7, 11) is 1.61. The van der Waals surface area contributed by atoms with Crippen LogP contribution in [0.3, 0.4) is 0 Å². The fourth-order valence-electron chi connectivity index (χ4n) is 3.93. The molecule has 0 bridgehead atoms. The zero-order chi connectivity index (χ0) is 20.2. The summed E-state index contributed by atoms with van der Waals surface area (Å²) >= 11 is 0. The van der Waals surface area contributed by atoms with E-state index in [9.17, 15) is 4.79 Å². The first kappa shape index (κ1) is 19.3. The van der Waals surface area contributed by atoms with E-state index in [-0.39, 0.29) is 5.97 Å². The second-order valence-corrected chi connectivity index (χ2v) is 7.23. The number of methoxy groups -OCH3 is 1. The summed E-state index contributed by atoms with van der Waals surface area (Å²) in [6.07, 6.45) is 0. The lowest BCUT2D eigenvalue weighted by Gasteiger charge is -2.33. The van der Waals surface area contributed by atoms with Gasteiger partial charge in [-0.25, -0.2) is 4.79 Å². The van der Waals surface area contributed by atoms with Crippen molar-refractivity contribution in [3.8, 4) is 5.75 Å². The molecular formula is C23H27N2O4+. The molecule has 0 atom stereocenters. The van der Waals surface area contributed by atoms with Crippen LogP contribution < -0.4 is 14.5 Å². The Kier molecular flexibility index (Phi) is 5.71. The Hall–Kier alpha value is -2.99. The van der Waals surface area contributed by atoms with Crippen LogP contribution in [0.25, 0.3) is 11.0 Å². The zero-order valence-corrected chi connectivity index (χ0v) is 16.9. The molecule has 0 spiro atoms. The lowest BCUT2D eigenvalue weighted by Crippen LogP contribution is -3.13. The van der Waals surface area contributed by atoms with Gasteiger partial charge in [0.1, 0.15) is 23.4 Å². The predicted molar refractivity (Wildman–Crippen MR) is 112 cm³/mol. The number of para-hydroxylation sites is 1. The van der Waals surface area contributed by atoms with Crippen molar-refractivity contribution in [2.75, 3.05) is 44.8 Å². The molecule has 0 aliphatic carbocycles. The Morgan fingerprint density at radius 3 is 2.59 bits per heavy atom. The summed E-state index contributed by atoms with van der Waals surface area (Å²) < 4.78 is 16.7. The number of benzene rings is 2. The van der Waals surface area contributed by atoms with Gasteiger partial charge in [0.2, 0.25) is 0 Å². The largest absolute Gasteiger partial charge is 0.497 e. The number of esters is 1. The molecule has 1 fully saturated rings. The predicted octanol–water partition coefficient (Wildman–Crippen LogP) is 2.52. The van der Waals surface area contributed by atoms with E-state index in [1.54, 1.807) is 7.11 Å². The first-order valence-electron chi connectivity index (χ1n) is 10.1. The number of fused-ring (bicyclic) bond motifs is 1. The Balaban J connectivity index is 1.54. The molecule has 0 unspecified atom stereocenters. The molecule has 0 amide bonds. The number of ether oxygens (including phenoxy) is 2. The maximum absolute atomic E-state index is 12.7. The quantitative estimate of drug-likeness (QED) is 0.650. The van der Waals surface area contributed by atoms with E-state index in [1.165, 1.54) is 10.6 Å². The van der Waals surface area contributed by atoms with Crippen LogP contribution >= 0.6 is 0 Å². The molecule has 1 saturated heterocycles. The Morgan fingerprint density at radius 1 is 1.14 bits per heavy atom. The Bertz CT molecular complexity index is 975. The zero-order valence-electron chi connectivity index (χ0n) is 16.9. The van der Waals surface area contributed by atoms with Crippen LogP contribution in [0.1, 0.15) is 23.0 Å². The average molecular weight is 395 g/mol. The Morgan fingerprint density at radius 2 is 1.90 bits per heavy atom. The number of carbonyl (C=O) groups is 1. The average Bonchev–Trinajstić information content (AvgIpc) is 3.12. The number of nitrogens with zero attached hydrogens (tertiary/aromatic N) is 1. The Labute approximate surface area is 170 Å². The monoisotopic (exact) mass is 395 g/mol. The van der Waals surface area contributed by atoms with Crippen molar-refractivity contribution in [2.24, 2.45) is 0 Å².